The maximum Gasteiger partial charge on any atom is 0.0535 e. The summed E-state index contributed by atoms with van der Waals surface area (Å²) >= 11 is 0. The van der Waals surface area contributed by atoms with Gasteiger partial charge in [0, 0.05) is 45.3 Å². The molecule has 0 unspecified atom stereocenters. The summed E-state index contributed by atoms with van der Waals surface area (Å²) in [6.07, 6.45) is 4.20. The minimum absolute atomic E-state index is 0.805. The van der Waals surface area contributed by atoms with Crippen molar-refractivity contribution in [3.8, 4) is 11.1 Å². The van der Waals surface area contributed by atoms with E-state index in [1.807, 2.05) is 6.08 Å². The van der Waals surface area contributed by atoms with Gasteiger partial charge in [0.15, 0.2) is 0 Å². The van der Waals surface area contributed by atoms with Crippen LogP contribution < -0.4 is 0 Å². The standard InChI is InChI=1S/C31H26N2/c1-4-17-32-28-11-7-5-9-24(28)26-18-22(13-15-30(26)32)23-14-16-31-27(19-23)25-10-6-8-12-29(25)33(31)20-21(2)3/h4-16,18-20H,1,17H2,2-3H3. The number of fused-ring (bicyclic) bond motifs is 6. The number of nitrogens with zero attached hydrogens (tertiary/aromatic N) is 2. The molecule has 4 aromatic carbocycles. The highest BCUT2D eigenvalue weighted by atomic mass is 15.0. The minimum atomic E-state index is 0.805. The molecule has 0 N–H and O–H groups in total. The molecule has 0 fully saturated rings. The van der Waals surface area contributed by atoms with Gasteiger partial charge in [-0.25, -0.2) is 0 Å². The molecule has 0 amide bonds. The Morgan fingerprint density at radius 1 is 0.667 bits per heavy atom. The van der Waals surface area contributed by atoms with Gasteiger partial charge in [0.05, 0.1) is 11.0 Å². The molecular formula is C31H26N2. The van der Waals surface area contributed by atoms with Gasteiger partial charge in [-0.2, -0.15) is 0 Å². The molecule has 0 atom stereocenters. The zero-order valence-electron chi connectivity index (χ0n) is 19.0. The molecule has 0 aliphatic rings. The quantitative estimate of drug-likeness (QED) is 0.250. The first-order valence-corrected chi connectivity index (χ1v) is 11.5. The Kier molecular flexibility index (Phi) is 4.48. The number of hydrogen-bond acceptors (Lipinski definition) is 0. The number of benzene rings is 4. The molecule has 2 nitrogen and oxygen atoms in total. The third-order valence-electron chi connectivity index (χ3n) is 6.51. The molecule has 0 bridgehead atoms. The van der Waals surface area contributed by atoms with Gasteiger partial charge in [-0.15, -0.1) is 6.58 Å². The van der Waals surface area contributed by atoms with Crippen LogP contribution in [0.5, 0.6) is 0 Å². The van der Waals surface area contributed by atoms with E-state index in [9.17, 15) is 0 Å². The monoisotopic (exact) mass is 426 g/mol. The van der Waals surface area contributed by atoms with E-state index in [-0.39, 0.29) is 0 Å². The van der Waals surface area contributed by atoms with Gasteiger partial charge in [-0.1, -0.05) is 60.2 Å². The summed E-state index contributed by atoms with van der Waals surface area (Å²) in [7, 11) is 0. The lowest BCUT2D eigenvalue weighted by molar-refractivity contribution is 0.901. The van der Waals surface area contributed by atoms with Crippen molar-refractivity contribution < 1.29 is 0 Å². The molecule has 2 heterocycles. The van der Waals surface area contributed by atoms with E-state index in [4.69, 9.17) is 0 Å². The zero-order valence-corrected chi connectivity index (χ0v) is 19.0. The van der Waals surface area contributed by atoms with Crippen LogP contribution in [0.25, 0.3) is 60.9 Å². The van der Waals surface area contributed by atoms with Crippen LogP contribution in [-0.2, 0) is 6.54 Å². The molecule has 0 aliphatic carbocycles. The van der Waals surface area contributed by atoms with Crippen LogP contribution in [-0.4, -0.2) is 9.13 Å². The molecule has 160 valence electrons. The van der Waals surface area contributed by atoms with Crippen LogP contribution >= 0.6 is 0 Å². The second kappa shape index (κ2) is 7.53. The molecule has 2 heteroatoms. The molecular weight excluding hydrogens is 400 g/mol. The van der Waals surface area contributed by atoms with Gasteiger partial charge in [0.25, 0.3) is 0 Å². The van der Waals surface area contributed by atoms with Gasteiger partial charge < -0.3 is 9.13 Å². The van der Waals surface area contributed by atoms with E-state index >= 15 is 0 Å². The Balaban J connectivity index is 1.60. The molecule has 0 saturated carbocycles. The van der Waals surface area contributed by atoms with Crippen molar-refractivity contribution in [3.63, 3.8) is 0 Å². The largest absolute Gasteiger partial charge is 0.337 e. The molecule has 0 saturated heterocycles. The predicted molar refractivity (Wildman–Crippen MR) is 144 cm³/mol. The van der Waals surface area contributed by atoms with Gasteiger partial charge in [-0.05, 0) is 61.4 Å². The Bertz CT molecular complexity index is 1720. The van der Waals surface area contributed by atoms with Crippen molar-refractivity contribution in [2.24, 2.45) is 0 Å². The second-order valence-corrected chi connectivity index (χ2v) is 8.97. The minimum Gasteiger partial charge on any atom is -0.337 e. The van der Waals surface area contributed by atoms with Gasteiger partial charge in [0.1, 0.15) is 0 Å². The lowest BCUT2D eigenvalue weighted by Crippen LogP contribution is -1.93. The Labute approximate surface area is 193 Å². The maximum absolute atomic E-state index is 3.96. The first kappa shape index (κ1) is 19.6. The van der Waals surface area contributed by atoms with E-state index in [1.165, 1.54) is 60.3 Å². The predicted octanol–water partition coefficient (Wildman–Crippen LogP) is 8.64. The smallest absolute Gasteiger partial charge is 0.0535 e. The van der Waals surface area contributed by atoms with E-state index in [0.29, 0.717) is 0 Å². The Morgan fingerprint density at radius 3 is 1.85 bits per heavy atom. The lowest BCUT2D eigenvalue weighted by atomic mass is 10.0. The van der Waals surface area contributed by atoms with Crippen LogP contribution in [0.3, 0.4) is 0 Å². The van der Waals surface area contributed by atoms with E-state index in [2.05, 4.69) is 121 Å². The number of aromatic nitrogens is 2. The van der Waals surface area contributed by atoms with E-state index < -0.39 is 0 Å². The lowest BCUT2D eigenvalue weighted by Gasteiger charge is -2.06. The molecule has 0 spiro atoms. The summed E-state index contributed by atoms with van der Waals surface area (Å²) in [6, 6.07) is 31.0. The third kappa shape index (κ3) is 3.02. The summed E-state index contributed by atoms with van der Waals surface area (Å²) in [6.45, 7) is 9.06. The number of hydrogen-bond donors (Lipinski definition) is 0. The number of para-hydroxylation sites is 2. The molecule has 0 aliphatic heterocycles. The third-order valence-corrected chi connectivity index (χ3v) is 6.51. The molecule has 0 radical (unpaired) electrons. The molecule has 33 heavy (non-hydrogen) atoms. The summed E-state index contributed by atoms with van der Waals surface area (Å²) in [4.78, 5) is 0. The SMILES string of the molecule is C=CCn1c2ccccc2c2cc(-c3ccc4c(c3)c3ccccc3n4C=C(C)C)ccc21. The van der Waals surface area contributed by atoms with Crippen LogP contribution in [0.4, 0.5) is 0 Å². The van der Waals surface area contributed by atoms with Crippen molar-refractivity contribution in [2.75, 3.05) is 0 Å². The van der Waals surface area contributed by atoms with Crippen molar-refractivity contribution in [3.05, 3.63) is 103 Å². The first-order chi connectivity index (χ1) is 16.2. The van der Waals surface area contributed by atoms with Crippen molar-refractivity contribution in [1.29, 1.82) is 0 Å². The summed E-state index contributed by atoms with van der Waals surface area (Å²) in [5.74, 6) is 0. The summed E-state index contributed by atoms with van der Waals surface area (Å²) in [5.41, 5.74) is 8.75. The van der Waals surface area contributed by atoms with Gasteiger partial charge in [0.2, 0.25) is 0 Å². The number of rotatable bonds is 4. The van der Waals surface area contributed by atoms with Crippen LogP contribution in [0.15, 0.2) is 103 Å². The number of allylic oxidation sites excluding steroid dienone is 2. The first-order valence-electron chi connectivity index (χ1n) is 11.5. The van der Waals surface area contributed by atoms with Crippen LogP contribution in [0.2, 0.25) is 0 Å². The van der Waals surface area contributed by atoms with E-state index in [0.717, 1.165) is 6.54 Å². The highest BCUT2D eigenvalue weighted by Gasteiger charge is 2.13. The van der Waals surface area contributed by atoms with Crippen molar-refractivity contribution in [1.82, 2.24) is 9.13 Å². The van der Waals surface area contributed by atoms with Crippen LogP contribution in [0, 0.1) is 0 Å². The normalized spacial score (nSPS) is 11.6. The maximum atomic E-state index is 3.96. The molecule has 2 aromatic heterocycles. The van der Waals surface area contributed by atoms with Crippen molar-refractivity contribution >= 4 is 49.8 Å². The van der Waals surface area contributed by atoms with Gasteiger partial charge in [-0.3, -0.25) is 0 Å². The van der Waals surface area contributed by atoms with E-state index in [1.54, 1.807) is 0 Å². The molecule has 6 rings (SSSR count). The topological polar surface area (TPSA) is 9.86 Å². The zero-order chi connectivity index (χ0) is 22.5. The summed E-state index contributed by atoms with van der Waals surface area (Å²) in [5, 5.41) is 5.15. The fraction of sp³-hybridized carbons (Fsp3) is 0.0968. The fourth-order valence-electron chi connectivity index (χ4n) is 5.14. The second-order valence-electron chi connectivity index (χ2n) is 8.97. The van der Waals surface area contributed by atoms with Crippen molar-refractivity contribution in [2.45, 2.75) is 20.4 Å². The highest BCUT2D eigenvalue weighted by molar-refractivity contribution is 6.12. The Hall–Kier alpha value is -4.04. The highest BCUT2D eigenvalue weighted by Crippen LogP contribution is 2.36. The van der Waals surface area contributed by atoms with Gasteiger partial charge >= 0.3 is 0 Å². The average Bonchev–Trinajstić information content (AvgIpc) is 3.32. The molecule has 6 aromatic rings. The average molecular weight is 427 g/mol. The summed E-state index contributed by atoms with van der Waals surface area (Å²) < 4.78 is 4.66. The Morgan fingerprint density at radius 2 is 1.18 bits per heavy atom. The van der Waals surface area contributed by atoms with Crippen LogP contribution in [0.1, 0.15) is 13.8 Å². The fourth-order valence-corrected chi connectivity index (χ4v) is 5.14.